The molecule has 0 aliphatic rings. The lowest BCUT2D eigenvalue weighted by atomic mass is 10.0. The van der Waals surface area contributed by atoms with Crippen LogP contribution < -0.4 is 0 Å². The lowest BCUT2D eigenvalue weighted by molar-refractivity contribution is 0.0817. The third kappa shape index (κ3) is 2.46. The quantitative estimate of drug-likeness (QED) is 0.626. The first-order valence-electron chi connectivity index (χ1n) is 5.18. The zero-order valence-electron chi connectivity index (χ0n) is 9.19. The lowest BCUT2D eigenvalue weighted by Gasteiger charge is -2.01. The molecule has 0 unspecified atom stereocenters. The summed E-state index contributed by atoms with van der Waals surface area (Å²) in [5.41, 5.74) is 0.373. The molecule has 0 heterocycles. The number of carbonyl (C=O) groups is 2. The number of hydrogen-bond donors (Lipinski definition) is 0. The molecule has 0 spiro atoms. The second-order valence-corrected chi connectivity index (χ2v) is 4.06. The highest BCUT2D eigenvalue weighted by Gasteiger charge is 2.18. The summed E-state index contributed by atoms with van der Waals surface area (Å²) in [6, 6.07) is 11.6. The van der Waals surface area contributed by atoms with E-state index in [2.05, 4.69) is 0 Å². The van der Waals surface area contributed by atoms with Gasteiger partial charge in [-0.15, -0.1) is 0 Å². The van der Waals surface area contributed by atoms with E-state index >= 15 is 0 Å². The van der Waals surface area contributed by atoms with Crippen molar-refractivity contribution in [1.82, 2.24) is 0 Å². The third-order valence-electron chi connectivity index (χ3n) is 2.42. The lowest BCUT2D eigenvalue weighted by Crippen LogP contribution is -2.14. The van der Waals surface area contributed by atoms with E-state index in [1.807, 2.05) is 0 Å². The summed E-state index contributed by atoms with van der Waals surface area (Å²) in [5.74, 6) is -1.97. The van der Waals surface area contributed by atoms with Gasteiger partial charge < -0.3 is 0 Å². The van der Waals surface area contributed by atoms with Crippen LogP contribution in [0.5, 0.6) is 0 Å². The highest BCUT2D eigenvalue weighted by Crippen LogP contribution is 2.17. The smallest absolute Gasteiger partial charge is 0.233 e. The minimum absolute atomic E-state index is 0.0789. The number of rotatable bonds is 3. The maximum atomic E-state index is 13.0. The summed E-state index contributed by atoms with van der Waals surface area (Å²) in [5, 5.41) is -0.179. The van der Waals surface area contributed by atoms with Gasteiger partial charge in [0.05, 0.1) is 5.02 Å². The third-order valence-corrected chi connectivity index (χ3v) is 2.71. The van der Waals surface area contributed by atoms with Crippen molar-refractivity contribution in [1.29, 1.82) is 0 Å². The Hall–Kier alpha value is -2.00. The van der Waals surface area contributed by atoms with Crippen molar-refractivity contribution in [2.75, 3.05) is 0 Å². The summed E-state index contributed by atoms with van der Waals surface area (Å²) in [6.07, 6.45) is 0. The number of Topliss-reactive ketones (excluding diaryl/α,β-unsaturated/α-hetero) is 2. The Morgan fingerprint density at radius 1 is 0.889 bits per heavy atom. The Bertz CT molecular complexity index is 608. The second kappa shape index (κ2) is 5.10. The van der Waals surface area contributed by atoms with Gasteiger partial charge in [0.25, 0.3) is 0 Å². The zero-order chi connectivity index (χ0) is 13.1. The molecule has 0 saturated heterocycles. The van der Waals surface area contributed by atoms with E-state index < -0.39 is 17.4 Å². The van der Waals surface area contributed by atoms with Crippen LogP contribution in [0.2, 0.25) is 5.02 Å². The van der Waals surface area contributed by atoms with E-state index in [0.29, 0.717) is 5.56 Å². The SMILES string of the molecule is O=C(C(=O)c1ccc(F)c(Cl)c1)c1ccccc1. The molecule has 0 atom stereocenters. The van der Waals surface area contributed by atoms with Crippen LogP contribution in [-0.2, 0) is 0 Å². The molecular formula is C14H8ClFO2. The predicted molar refractivity (Wildman–Crippen MR) is 66.5 cm³/mol. The van der Waals surface area contributed by atoms with Crippen LogP contribution in [0.4, 0.5) is 4.39 Å². The van der Waals surface area contributed by atoms with Gasteiger partial charge in [-0.1, -0.05) is 41.9 Å². The fraction of sp³-hybridized carbons (Fsp3) is 0. The molecule has 2 nitrogen and oxygen atoms in total. The summed E-state index contributed by atoms with van der Waals surface area (Å²) in [7, 11) is 0. The predicted octanol–water partition coefficient (Wildman–Crippen LogP) is 3.54. The highest BCUT2D eigenvalue weighted by atomic mass is 35.5. The van der Waals surface area contributed by atoms with Crippen molar-refractivity contribution in [2.24, 2.45) is 0 Å². The molecule has 0 aliphatic carbocycles. The summed E-state index contributed by atoms with van der Waals surface area (Å²) >= 11 is 5.57. The van der Waals surface area contributed by atoms with Crippen molar-refractivity contribution < 1.29 is 14.0 Å². The number of ketones is 2. The molecule has 2 aromatic rings. The molecule has 0 N–H and O–H groups in total. The number of carbonyl (C=O) groups excluding carboxylic acids is 2. The fourth-order valence-electron chi connectivity index (χ4n) is 1.49. The van der Waals surface area contributed by atoms with Crippen LogP contribution in [0.3, 0.4) is 0 Å². The average molecular weight is 263 g/mol. The number of benzene rings is 2. The topological polar surface area (TPSA) is 34.1 Å². The van der Waals surface area contributed by atoms with Crippen LogP contribution >= 0.6 is 11.6 Å². The van der Waals surface area contributed by atoms with Crippen molar-refractivity contribution in [2.45, 2.75) is 0 Å². The molecule has 0 aromatic heterocycles. The Kier molecular flexibility index (Phi) is 3.53. The van der Waals surface area contributed by atoms with E-state index in [-0.39, 0.29) is 10.6 Å². The van der Waals surface area contributed by atoms with Gasteiger partial charge in [-0.2, -0.15) is 0 Å². The monoisotopic (exact) mass is 262 g/mol. The van der Waals surface area contributed by atoms with Crippen LogP contribution in [0.25, 0.3) is 0 Å². The van der Waals surface area contributed by atoms with Gasteiger partial charge in [0.2, 0.25) is 11.6 Å². The van der Waals surface area contributed by atoms with Crippen molar-refractivity contribution >= 4 is 23.2 Å². The van der Waals surface area contributed by atoms with Gasteiger partial charge in [0.15, 0.2) is 0 Å². The molecule has 0 saturated carbocycles. The van der Waals surface area contributed by atoms with E-state index in [4.69, 9.17) is 11.6 Å². The van der Waals surface area contributed by atoms with Crippen LogP contribution in [0.1, 0.15) is 20.7 Å². The average Bonchev–Trinajstić information content (AvgIpc) is 2.41. The van der Waals surface area contributed by atoms with E-state index in [1.165, 1.54) is 6.07 Å². The molecule has 2 aromatic carbocycles. The van der Waals surface area contributed by atoms with Gasteiger partial charge in [0, 0.05) is 11.1 Å². The molecule has 4 heteroatoms. The molecule has 90 valence electrons. The number of halogens is 2. The molecule has 18 heavy (non-hydrogen) atoms. The summed E-state index contributed by atoms with van der Waals surface area (Å²) in [4.78, 5) is 23.7. The summed E-state index contributed by atoms with van der Waals surface area (Å²) < 4.78 is 13.0. The Labute approximate surface area is 108 Å². The largest absolute Gasteiger partial charge is 0.285 e. The Morgan fingerprint density at radius 2 is 1.50 bits per heavy atom. The number of hydrogen-bond acceptors (Lipinski definition) is 2. The maximum absolute atomic E-state index is 13.0. The molecule has 2 rings (SSSR count). The fourth-order valence-corrected chi connectivity index (χ4v) is 1.67. The minimum Gasteiger partial charge on any atom is -0.285 e. The van der Waals surface area contributed by atoms with Crippen LogP contribution in [0, 0.1) is 5.82 Å². The first-order valence-corrected chi connectivity index (χ1v) is 5.56. The van der Waals surface area contributed by atoms with Crippen LogP contribution in [0.15, 0.2) is 48.5 Å². The van der Waals surface area contributed by atoms with E-state index in [1.54, 1.807) is 30.3 Å². The Morgan fingerprint density at radius 3 is 2.11 bits per heavy atom. The van der Waals surface area contributed by atoms with Gasteiger partial charge in [-0.25, -0.2) is 4.39 Å². The maximum Gasteiger partial charge on any atom is 0.233 e. The van der Waals surface area contributed by atoms with Gasteiger partial charge in [-0.05, 0) is 18.2 Å². The van der Waals surface area contributed by atoms with E-state index in [9.17, 15) is 14.0 Å². The van der Waals surface area contributed by atoms with Gasteiger partial charge in [-0.3, -0.25) is 9.59 Å². The normalized spacial score (nSPS) is 10.1. The zero-order valence-corrected chi connectivity index (χ0v) is 9.95. The van der Waals surface area contributed by atoms with Crippen LogP contribution in [-0.4, -0.2) is 11.6 Å². The van der Waals surface area contributed by atoms with Crippen molar-refractivity contribution in [3.05, 3.63) is 70.5 Å². The van der Waals surface area contributed by atoms with Gasteiger partial charge in [0.1, 0.15) is 5.82 Å². The minimum atomic E-state index is -0.705. The first-order chi connectivity index (χ1) is 8.59. The molecule has 0 bridgehead atoms. The highest BCUT2D eigenvalue weighted by molar-refractivity contribution is 6.49. The van der Waals surface area contributed by atoms with Gasteiger partial charge >= 0.3 is 0 Å². The molecule has 0 amide bonds. The Balaban J connectivity index is 2.32. The molecule has 0 fully saturated rings. The standard InChI is InChI=1S/C14H8ClFO2/c15-11-8-10(6-7-12(11)16)14(18)13(17)9-4-2-1-3-5-9/h1-8H. The first kappa shape index (κ1) is 12.5. The summed E-state index contributed by atoms with van der Waals surface area (Å²) in [6.45, 7) is 0. The second-order valence-electron chi connectivity index (χ2n) is 3.65. The van der Waals surface area contributed by atoms with E-state index in [0.717, 1.165) is 12.1 Å². The van der Waals surface area contributed by atoms with Crippen molar-refractivity contribution in [3.63, 3.8) is 0 Å². The molecular weight excluding hydrogens is 255 g/mol. The molecule has 0 radical (unpaired) electrons. The van der Waals surface area contributed by atoms with Crippen molar-refractivity contribution in [3.8, 4) is 0 Å². The molecule has 0 aliphatic heterocycles.